The van der Waals surface area contributed by atoms with Crippen LogP contribution >= 0.6 is 23.2 Å². The van der Waals surface area contributed by atoms with Gasteiger partial charge in [0.05, 0.1) is 22.0 Å². The van der Waals surface area contributed by atoms with Crippen LogP contribution in [0.25, 0.3) is 11.3 Å². The summed E-state index contributed by atoms with van der Waals surface area (Å²) in [6.45, 7) is 6.69. The van der Waals surface area contributed by atoms with Crippen LogP contribution in [0, 0.1) is 5.82 Å². The van der Waals surface area contributed by atoms with Crippen molar-refractivity contribution in [1.82, 2.24) is 19.7 Å². The van der Waals surface area contributed by atoms with Gasteiger partial charge in [-0.1, -0.05) is 61.3 Å². The molecule has 0 spiro atoms. The van der Waals surface area contributed by atoms with Gasteiger partial charge in [-0.3, -0.25) is 4.72 Å². The maximum Gasteiger partial charge on any atom is 0.407 e. The number of anilines is 1. The van der Waals surface area contributed by atoms with Gasteiger partial charge in [0.2, 0.25) is 0 Å². The van der Waals surface area contributed by atoms with Crippen molar-refractivity contribution in [2.45, 2.75) is 39.3 Å². The van der Waals surface area contributed by atoms with Gasteiger partial charge in [0.25, 0.3) is 0 Å². The topological polar surface area (TPSA) is 118 Å². The molecule has 2 aromatic carbocycles. The number of nitrogens with one attached hydrogen (secondary N) is 1. The summed E-state index contributed by atoms with van der Waals surface area (Å²) in [5.41, 5.74) is 2.52. The monoisotopic (exact) mass is 664 g/mol. The molecule has 4 rings (SSSR count). The molecule has 0 aliphatic carbocycles. The fourth-order valence-corrected chi connectivity index (χ4v) is 6.51. The number of carboxylic acid groups (broad SMARTS) is 1. The van der Waals surface area contributed by atoms with Gasteiger partial charge in [-0.05, 0) is 62.3 Å². The van der Waals surface area contributed by atoms with E-state index < -0.39 is 28.2 Å². The van der Waals surface area contributed by atoms with E-state index >= 15 is 0 Å². The molecule has 1 unspecified atom stereocenters. The lowest BCUT2D eigenvalue weighted by atomic mass is 9.99. The zero-order valence-corrected chi connectivity index (χ0v) is 27.4. The van der Waals surface area contributed by atoms with Gasteiger partial charge in [-0.2, -0.15) is 8.42 Å². The van der Waals surface area contributed by atoms with Crippen LogP contribution in [0.5, 0.6) is 0 Å². The maximum absolute atomic E-state index is 14.6. The summed E-state index contributed by atoms with van der Waals surface area (Å²) < 4.78 is 48.7. The fourth-order valence-electron chi connectivity index (χ4n) is 5.09. The van der Waals surface area contributed by atoms with Crippen molar-refractivity contribution >= 4 is 51.0 Å². The molecule has 10 nitrogen and oxygen atoms in total. The molecule has 44 heavy (non-hydrogen) atoms. The van der Waals surface area contributed by atoms with Gasteiger partial charge in [0.15, 0.2) is 5.84 Å². The van der Waals surface area contributed by atoms with E-state index in [1.54, 1.807) is 24.0 Å². The Morgan fingerprint density at radius 3 is 2.50 bits per heavy atom. The van der Waals surface area contributed by atoms with Gasteiger partial charge < -0.3 is 19.8 Å². The van der Waals surface area contributed by atoms with Crippen molar-refractivity contribution in [3.05, 3.63) is 81.2 Å². The molecule has 2 N–H and O–H groups in total. The Morgan fingerprint density at radius 2 is 1.89 bits per heavy atom. The van der Waals surface area contributed by atoms with E-state index in [-0.39, 0.29) is 58.4 Å². The van der Waals surface area contributed by atoms with Gasteiger partial charge in [-0.15, -0.1) is 4.40 Å². The molecule has 1 aromatic heterocycles. The van der Waals surface area contributed by atoms with Gasteiger partial charge in [0.1, 0.15) is 11.0 Å². The number of rotatable bonds is 8. The number of hydrogen-bond acceptors (Lipinski definition) is 5. The molecule has 1 saturated heterocycles. The van der Waals surface area contributed by atoms with Gasteiger partial charge in [0, 0.05) is 37.8 Å². The Hall–Kier alpha value is -3.45. The summed E-state index contributed by atoms with van der Waals surface area (Å²) in [5, 5.41) is 9.40. The maximum atomic E-state index is 14.6. The second kappa shape index (κ2) is 13.7. The summed E-state index contributed by atoms with van der Waals surface area (Å²) >= 11 is 13.2. The normalized spacial score (nSPS) is 16.1. The predicted molar refractivity (Wildman–Crippen MR) is 172 cm³/mol. The van der Waals surface area contributed by atoms with Crippen molar-refractivity contribution in [1.29, 1.82) is 0 Å². The number of pyridine rings is 1. The molecule has 0 saturated carbocycles. The van der Waals surface area contributed by atoms with E-state index in [0.717, 1.165) is 11.1 Å². The Bertz CT molecular complexity index is 1690. The average Bonchev–Trinajstić information content (AvgIpc) is 2.93. The lowest BCUT2D eigenvalue weighted by Crippen LogP contribution is -2.55. The molecule has 1 fully saturated rings. The Balaban J connectivity index is 1.81. The molecular formula is C30H35Cl2FN6O4S. The lowest BCUT2D eigenvalue weighted by molar-refractivity contribution is 0.106. The van der Waals surface area contributed by atoms with E-state index in [1.165, 1.54) is 29.2 Å². The summed E-state index contributed by atoms with van der Waals surface area (Å²) in [4.78, 5) is 20.9. The number of carbonyl (C=O) groups is 1. The highest BCUT2D eigenvalue weighted by atomic mass is 35.5. The van der Waals surface area contributed by atoms with Gasteiger partial charge in [-0.25, -0.2) is 14.2 Å². The molecule has 1 amide bonds. The predicted octanol–water partition coefficient (Wildman–Crippen LogP) is 6.17. The average molecular weight is 666 g/mol. The number of amidine groups is 1. The van der Waals surface area contributed by atoms with E-state index in [2.05, 4.69) is 14.1 Å². The third-order valence-corrected chi connectivity index (χ3v) is 8.62. The van der Waals surface area contributed by atoms with Crippen molar-refractivity contribution in [2.24, 2.45) is 4.40 Å². The number of nitrogens with zero attached hydrogens (tertiary/aromatic N) is 5. The smallest absolute Gasteiger partial charge is 0.407 e. The zero-order valence-electron chi connectivity index (χ0n) is 25.1. The third kappa shape index (κ3) is 7.79. The van der Waals surface area contributed by atoms with Crippen molar-refractivity contribution < 1.29 is 22.7 Å². The number of aromatic nitrogens is 1. The first-order valence-corrected chi connectivity index (χ1v) is 16.1. The molecule has 14 heteroatoms. The summed E-state index contributed by atoms with van der Waals surface area (Å²) in [6, 6.07) is 12.4. The van der Waals surface area contributed by atoms with Crippen LogP contribution in [0.1, 0.15) is 43.4 Å². The molecule has 1 aliphatic heterocycles. The fraction of sp³-hybridized carbons (Fsp3) is 0.367. The van der Waals surface area contributed by atoms with Crippen LogP contribution in [0.4, 0.5) is 14.9 Å². The minimum atomic E-state index is -4.41. The quantitative estimate of drug-likeness (QED) is 0.168. The van der Waals surface area contributed by atoms with E-state index in [4.69, 9.17) is 23.2 Å². The summed E-state index contributed by atoms with van der Waals surface area (Å²) in [6.07, 6.45) is -1.08. The minimum absolute atomic E-state index is 0.00533. The first-order valence-electron chi connectivity index (χ1n) is 13.9. The number of benzene rings is 2. The molecule has 0 radical (unpaired) electrons. The van der Waals surface area contributed by atoms with Crippen LogP contribution < -0.4 is 4.72 Å². The molecule has 236 valence electrons. The van der Waals surface area contributed by atoms with E-state index in [9.17, 15) is 22.7 Å². The van der Waals surface area contributed by atoms with E-state index in [1.807, 2.05) is 45.0 Å². The van der Waals surface area contributed by atoms with Crippen LogP contribution in [-0.4, -0.2) is 84.9 Å². The van der Waals surface area contributed by atoms with Crippen molar-refractivity contribution in [3.8, 4) is 11.3 Å². The first kappa shape index (κ1) is 33.4. The van der Waals surface area contributed by atoms with Crippen LogP contribution in [0.2, 0.25) is 10.2 Å². The largest absolute Gasteiger partial charge is 0.465 e. The molecule has 1 atom stereocenters. The SMILES string of the molecule is CC(C)c1cc(CN(C)C)ccc1NS(=O)(=O)N=C(c1cc(Cl)c(-c2ccccc2F)nc1Cl)N1CCN(C(=O)O)CC1C. The number of piperazine rings is 1. The Labute approximate surface area is 267 Å². The number of hydrogen-bond donors (Lipinski definition) is 2. The third-order valence-electron chi connectivity index (χ3n) is 7.15. The van der Waals surface area contributed by atoms with E-state index in [0.29, 0.717) is 12.2 Å². The van der Waals surface area contributed by atoms with Crippen LogP contribution in [0.3, 0.4) is 0 Å². The second-order valence-electron chi connectivity index (χ2n) is 11.2. The molecule has 0 bridgehead atoms. The zero-order chi connectivity index (χ0) is 32.3. The lowest BCUT2D eigenvalue weighted by Gasteiger charge is -2.40. The number of amides is 1. The highest BCUT2D eigenvalue weighted by Gasteiger charge is 2.32. The Kier molecular flexibility index (Phi) is 10.4. The first-order chi connectivity index (χ1) is 20.7. The molecular weight excluding hydrogens is 630 g/mol. The standard InChI is InChI=1S/C30H35Cl2FN6O4S/c1-18(2)22-14-20(17-37(4)5)10-11-26(22)35-44(42,43)36-29(39-13-12-38(30(40)41)16-19(39)3)23-15-24(31)27(34-28(23)32)21-8-6-7-9-25(21)33/h6-11,14-15,18-19,35H,12-13,16-17H2,1-5H3,(H,40,41). The number of halogens is 3. The van der Waals surface area contributed by atoms with Crippen LogP contribution in [0.15, 0.2) is 52.9 Å². The molecule has 3 aromatic rings. The minimum Gasteiger partial charge on any atom is -0.465 e. The second-order valence-corrected chi connectivity index (χ2v) is 13.3. The summed E-state index contributed by atoms with van der Waals surface area (Å²) in [5.74, 6) is -0.613. The molecule has 2 heterocycles. The van der Waals surface area contributed by atoms with Crippen molar-refractivity contribution in [3.63, 3.8) is 0 Å². The summed E-state index contributed by atoms with van der Waals surface area (Å²) in [7, 11) is -0.503. The van der Waals surface area contributed by atoms with Gasteiger partial charge >= 0.3 is 16.3 Å². The Morgan fingerprint density at radius 1 is 1.18 bits per heavy atom. The highest BCUT2D eigenvalue weighted by molar-refractivity contribution is 7.91. The van der Waals surface area contributed by atoms with Crippen molar-refractivity contribution in [2.75, 3.05) is 38.5 Å². The highest BCUT2D eigenvalue weighted by Crippen LogP contribution is 2.33. The van der Waals surface area contributed by atoms with Crippen LogP contribution in [-0.2, 0) is 16.8 Å². The molecule has 1 aliphatic rings.